The number of anilines is 1. The maximum absolute atomic E-state index is 15.3. The molecule has 0 unspecified atom stereocenters. The molecule has 3 aromatic rings. The Morgan fingerprint density at radius 2 is 1.86 bits per heavy atom. The molecule has 7 nitrogen and oxygen atoms in total. The second kappa shape index (κ2) is 9.47. The van der Waals surface area contributed by atoms with Gasteiger partial charge >= 0.3 is 0 Å². The van der Waals surface area contributed by atoms with Crippen LogP contribution in [0.15, 0.2) is 36.7 Å². The number of primary amides is 1. The van der Waals surface area contributed by atoms with Crippen molar-refractivity contribution in [3.05, 3.63) is 53.6 Å². The molecule has 3 fully saturated rings. The number of fused-ring (bicyclic) bond motifs is 1. The fraction of sp³-hybridized carbons (Fsp3) is 0.483. The molecule has 1 aliphatic carbocycles. The third-order valence-electron chi connectivity index (χ3n) is 8.34. The van der Waals surface area contributed by atoms with Crippen LogP contribution in [-0.2, 0) is 4.79 Å². The van der Waals surface area contributed by atoms with E-state index in [1.165, 1.54) is 12.5 Å². The number of nitrogens with zero attached hydrogens (tertiary/aromatic N) is 4. The maximum atomic E-state index is 15.3. The van der Waals surface area contributed by atoms with Gasteiger partial charge in [-0.25, -0.2) is 9.37 Å². The molecule has 8 heteroatoms. The molecule has 1 aromatic carbocycles. The highest BCUT2D eigenvalue weighted by Crippen LogP contribution is 2.43. The minimum atomic E-state index is -0.355. The lowest BCUT2D eigenvalue weighted by molar-refractivity contribution is -0.121. The highest BCUT2D eigenvalue weighted by molar-refractivity contribution is 5.95. The predicted octanol–water partition coefficient (Wildman–Crippen LogP) is 4.73. The minimum Gasteiger partial charge on any atom is -0.371 e. The maximum Gasteiger partial charge on any atom is 0.255 e. The number of hydrogen-bond donors (Lipinski definition) is 1. The lowest BCUT2D eigenvalue weighted by atomic mass is 10.1. The molecule has 6 rings (SSSR count). The van der Waals surface area contributed by atoms with Crippen LogP contribution in [0.5, 0.6) is 0 Å². The van der Waals surface area contributed by atoms with Gasteiger partial charge < -0.3 is 19.9 Å². The van der Waals surface area contributed by atoms with Crippen molar-refractivity contribution in [3.8, 4) is 11.3 Å². The monoisotopic (exact) mass is 503 g/mol. The molecule has 0 bridgehead atoms. The number of benzene rings is 1. The van der Waals surface area contributed by atoms with E-state index in [9.17, 15) is 9.59 Å². The molecule has 2 amide bonds. The van der Waals surface area contributed by atoms with Crippen LogP contribution in [0.25, 0.3) is 16.9 Å². The Morgan fingerprint density at radius 1 is 1.03 bits per heavy atom. The van der Waals surface area contributed by atoms with E-state index in [0.717, 1.165) is 55.5 Å². The first-order valence-electron chi connectivity index (χ1n) is 13.6. The zero-order valence-electron chi connectivity index (χ0n) is 21.3. The lowest BCUT2D eigenvalue weighted by Crippen LogP contribution is -2.38. The molecule has 0 spiro atoms. The number of amides is 2. The summed E-state index contributed by atoms with van der Waals surface area (Å²) in [6.07, 6.45) is 11.0. The lowest BCUT2D eigenvalue weighted by Gasteiger charge is -2.27. The quantitative estimate of drug-likeness (QED) is 0.545. The first-order chi connectivity index (χ1) is 17.9. The van der Waals surface area contributed by atoms with Crippen LogP contribution in [0.1, 0.15) is 73.7 Å². The van der Waals surface area contributed by atoms with Crippen molar-refractivity contribution in [1.29, 1.82) is 0 Å². The normalized spacial score (nSPS) is 22.4. The van der Waals surface area contributed by atoms with E-state index in [0.29, 0.717) is 42.2 Å². The van der Waals surface area contributed by atoms with Crippen molar-refractivity contribution < 1.29 is 14.0 Å². The van der Waals surface area contributed by atoms with E-state index in [4.69, 9.17) is 10.7 Å². The third kappa shape index (κ3) is 4.58. The van der Waals surface area contributed by atoms with E-state index < -0.39 is 0 Å². The van der Waals surface area contributed by atoms with Gasteiger partial charge in [-0.05, 0) is 74.8 Å². The largest absolute Gasteiger partial charge is 0.371 e. The van der Waals surface area contributed by atoms with Crippen molar-refractivity contribution in [2.75, 3.05) is 24.5 Å². The molecule has 1 saturated carbocycles. The van der Waals surface area contributed by atoms with Gasteiger partial charge in [-0.2, -0.15) is 0 Å². The van der Waals surface area contributed by atoms with Gasteiger partial charge in [0, 0.05) is 49.3 Å². The highest BCUT2D eigenvalue weighted by atomic mass is 19.1. The third-order valence-corrected chi connectivity index (χ3v) is 8.34. The van der Waals surface area contributed by atoms with Crippen LogP contribution >= 0.6 is 0 Å². The summed E-state index contributed by atoms with van der Waals surface area (Å²) >= 11 is 0. The van der Waals surface area contributed by atoms with Gasteiger partial charge in [-0.3, -0.25) is 9.59 Å². The van der Waals surface area contributed by atoms with Crippen LogP contribution < -0.4 is 10.6 Å². The minimum absolute atomic E-state index is 0.0730. The Kier molecular flexibility index (Phi) is 6.13. The zero-order chi connectivity index (χ0) is 25.7. The smallest absolute Gasteiger partial charge is 0.255 e. The van der Waals surface area contributed by atoms with Gasteiger partial charge in [0.15, 0.2) is 0 Å². The van der Waals surface area contributed by atoms with E-state index in [2.05, 4.69) is 6.92 Å². The Balaban J connectivity index is 1.32. The number of carbonyl (C=O) groups is 2. The summed E-state index contributed by atoms with van der Waals surface area (Å²) in [4.78, 5) is 33.9. The van der Waals surface area contributed by atoms with Gasteiger partial charge in [-0.1, -0.05) is 12.8 Å². The summed E-state index contributed by atoms with van der Waals surface area (Å²) in [5.74, 6) is -0.391. The van der Waals surface area contributed by atoms with E-state index in [-0.39, 0.29) is 29.6 Å². The number of hydrogen-bond acceptors (Lipinski definition) is 4. The molecular formula is C29H34FN5O2. The van der Waals surface area contributed by atoms with Crippen LogP contribution in [-0.4, -0.2) is 51.8 Å². The molecule has 2 N–H and O–H groups in total. The number of pyridine rings is 1. The van der Waals surface area contributed by atoms with Crippen molar-refractivity contribution in [2.24, 2.45) is 11.7 Å². The molecule has 2 atom stereocenters. The van der Waals surface area contributed by atoms with Crippen LogP contribution in [0.2, 0.25) is 0 Å². The second-order valence-electron chi connectivity index (χ2n) is 11.0. The van der Waals surface area contributed by atoms with Crippen LogP contribution in [0.4, 0.5) is 10.1 Å². The van der Waals surface area contributed by atoms with Gasteiger partial charge in [0.1, 0.15) is 11.5 Å². The number of imidazole rings is 1. The van der Waals surface area contributed by atoms with Gasteiger partial charge in [-0.15, -0.1) is 0 Å². The number of aromatic nitrogens is 2. The Hall–Kier alpha value is -3.42. The number of likely N-dealkylation sites (tertiary alicyclic amines) is 1. The first kappa shape index (κ1) is 23.9. The molecule has 2 saturated heterocycles. The van der Waals surface area contributed by atoms with Gasteiger partial charge in [0.25, 0.3) is 5.91 Å². The number of nitrogens with two attached hydrogens (primary N) is 1. The molecule has 37 heavy (non-hydrogen) atoms. The van der Waals surface area contributed by atoms with Crippen molar-refractivity contribution in [2.45, 2.75) is 63.8 Å². The topological polar surface area (TPSA) is 83.9 Å². The van der Waals surface area contributed by atoms with E-state index >= 15 is 4.39 Å². The summed E-state index contributed by atoms with van der Waals surface area (Å²) < 4.78 is 17.3. The van der Waals surface area contributed by atoms with Crippen molar-refractivity contribution in [3.63, 3.8) is 0 Å². The second-order valence-corrected chi connectivity index (χ2v) is 11.0. The summed E-state index contributed by atoms with van der Waals surface area (Å²) in [6.45, 7) is 4.12. The number of rotatable bonds is 5. The van der Waals surface area contributed by atoms with Crippen molar-refractivity contribution >= 4 is 23.1 Å². The fourth-order valence-corrected chi connectivity index (χ4v) is 5.94. The van der Waals surface area contributed by atoms with E-state index in [1.807, 2.05) is 38.7 Å². The molecule has 2 aromatic heterocycles. The highest BCUT2D eigenvalue weighted by Gasteiger charge is 2.31. The number of carbonyl (C=O) groups excluding carboxylic acids is 2. The van der Waals surface area contributed by atoms with Gasteiger partial charge in [0.05, 0.1) is 17.2 Å². The average Bonchev–Trinajstić information content (AvgIpc) is 3.50. The molecule has 2 aliphatic heterocycles. The molecule has 4 heterocycles. The van der Waals surface area contributed by atoms with E-state index in [1.54, 1.807) is 6.07 Å². The molecule has 3 aliphatic rings. The van der Waals surface area contributed by atoms with Crippen LogP contribution in [0, 0.1) is 11.7 Å². The summed E-state index contributed by atoms with van der Waals surface area (Å²) in [5, 5.41) is 0. The zero-order valence-corrected chi connectivity index (χ0v) is 21.3. The Bertz CT molecular complexity index is 1360. The molecule has 194 valence electrons. The summed E-state index contributed by atoms with van der Waals surface area (Å²) in [7, 11) is 0. The molecule has 0 radical (unpaired) electrons. The van der Waals surface area contributed by atoms with Gasteiger partial charge in [0.2, 0.25) is 5.91 Å². The predicted molar refractivity (Wildman–Crippen MR) is 141 cm³/mol. The van der Waals surface area contributed by atoms with Crippen molar-refractivity contribution in [1.82, 2.24) is 14.3 Å². The standard InChI is InChI=1S/C29H34FN5O2/c1-18-5-3-2-4-11-35(18)29(37)21-13-24(19-6-7-19)28-32-26(17-34(28)16-21)23-9-8-22(14-25(23)30)33-12-10-20(15-33)27(31)36/h8-9,13-14,16-20H,2-7,10-12,15H2,1H3,(H2,31,36)/t18-,20+/m1/s1. The summed E-state index contributed by atoms with van der Waals surface area (Å²) in [5.41, 5.74) is 9.73. The first-order valence-corrected chi connectivity index (χ1v) is 13.6. The fourth-order valence-electron chi connectivity index (χ4n) is 5.94. The summed E-state index contributed by atoms with van der Waals surface area (Å²) in [6, 6.07) is 7.40. The molecular weight excluding hydrogens is 469 g/mol. The van der Waals surface area contributed by atoms with Crippen LogP contribution in [0.3, 0.4) is 0 Å². The average molecular weight is 504 g/mol. The Labute approximate surface area is 216 Å². The Morgan fingerprint density at radius 3 is 2.59 bits per heavy atom. The SMILES string of the molecule is C[C@@H]1CCCCCN1C(=O)c1cc(C2CC2)c2nc(-c3ccc(N4CC[C@H](C(N)=O)C4)cc3F)cn2c1. The number of halogens is 1.